The van der Waals surface area contributed by atoms with Crippen molar-refractivity contribution in [2.45, 2.75) is 13.8 Å². The molecule has 0 radical (unpaired) electrons. The number of Topliss-reactive ketones (excluding diaryl/α,β-unsaturated/α-hetero) is 1. The number of ketones is 1. The summed E-state index contributed by atoms with van der Waals surface area (Å²) in [5, 5.41) is 10.8. The predicted molar refractivity (Wildman–Crippen MR) is 144 cm³/mol. The lowest BCUT2D eigenvalue weighted by Crippen LogP contribution is -2.27. The SMILES string of the molecule is C#CCOCCN(CC)c1ccc(C2=C(O)C(=C3C=CC(=[N+](CC)CCOCC#C)C=C3)C2=O)cc1. The van der Waals surface area contributed by atoms with E-state index in [4.69, 9.17) is 22.3 Å². The van der Waals surface area contributed by atoms with Gasteiger partial charge in [-0.05, 0) is 49.3 Å². The number of rotatable bonds is 12. The molecule has 0 aliphatic heterocycles. The second-order valence-electron chi connectivity index (χ2n) is 8.19. The monoisotopic (exact) mass is 485 g/mol. The molecule has 0 amide bonds. The zero-order valence-corrected chi connectivity index (χ0v) is 21.0. The number of anilines is 1. The number of carbonyl (C=O) groups is 1. The van der Waals surface area contributed by atoms with Gasteiger partial charge >= 0.3 is 0 Å². The van der Waals surface area contributed by atoms with E-state index in [0.717, 1.165) is 24.5 Å². The molecule has 0 unspecified atom stereocenters. The number of terminal acetylenes is 2. The van der Waals surface area contributed by atoms with Gasteiger partial charge in [0.25, 0.3) is 0 Å². The molecule has 3 rings (SSSR count). The number of hydrogen-bond acceptors (Lipinski definition) is 5. The fraction of sp³-hybridized carbons (Fsp3) is 0.333. The van der Waals surface area contributed by atoms with Gasteiger partial charge in [-0.2, -0.15) is 0 Å². The molecular weight excluding hydrogens is 452 g/mol. The van der Waals surface area contributed by atoms with Gasteiger partial charge in [0.15, 0.2) is 12.3 Å². The number of allylic oxidation sites excluding steroid dienone is 7. The summed E-state index contributed by atoms with van der Waals surface area (Å²) < 4.78 is 12.9. The highest BCUT2D eigenvalue weighted by molar-refractivity contribution is 6.39. The molecule has 2 aliphatic rings. The van der Waals surface area contributed by atoms with Crippen LogP contribution >= 0.6 is 0 Å². The Balaban J connectivity index is 1.72. The third-order valence-corrected chi connectivity index (χ3v) is 6.12. The first-order valence-electron chi connectivity index (χ1n) is 12.1. The van der Waals surface area contributed by atoms with Gasteiger partial charge in [0.1, 0.15) is 32.1 Å². The van der Waals surface area contributed by atoms with E-state index in [1.165, 1.54) is 0 Å². The lowest BCUT2D eigenvalue weighted by Gasteiger charge is -2.25. The third kappa shape index (κ3) is 6.23. The Morgan fingerprint density at radius 2 is 1.58 bits per heavy atom. The molecule has 1 N–H and O–H groups in total. The highest BCUT2D eigenvalue weighted by atomic mass is 16.5. The largest absolute Gasteiger partial charge is 0.506 e. The molecule has 0 saturated heterocycles. The highest BCUT2D eigenvalue weighted by Crippen LogP contribution is 2.39. The second kappa shape index (κ2) is 13.3. The predicted octanol–water partition coefficient (Wildman–Crippen LogP) is 3.56. The molecule has 1 aromatic carbocycles. The summed E-state index contributed by atoms with van der Waals surface area (Å²) in [5.74, 6) is 4.80. The molecule has 0 fully saturated rings. The van der Waals surface area contributed by atoms with Gasteiger partial charge in [-0.15, -0.1) is 12.8 Å². The Bertz CT molecular complexity index is 1180. The van der Waals surface area contributed by atoms with Crippen molar-refractivity contribution in [2.75, 3.05) is 57.5 Å². The number of benzene rings is 1. The summed E-state index contributed by atoms with van der Waals surface area (Å²) in [6.45, 7) is 8.86. The quantitative estimate of drug-likeness (QED) is 0.212. The number of ether oxygens (including phenoxy) is 2. The lowest BCUT2D eigenvalue weighted by molar-refractivity contribution is -0.525. The number of aliphatic hydroxyl groups is 1. The fourth-order valence-corrected chi connectivity index (χ4v) is 4.17. The Labute approximate surface area is 213 Å². The number of carbonyl (C=O) groups excluding carboxylic acids is 1. The van der Waals surface area contributed by atoms with Crippen molar-refractivity contribution in [1.29, 1.82) is 0 Å². The molecule has 186 valence electrons. The highest BCUT2D eigenvalue weighted by Gasteiger charge is 2.36. The molecule has 1 aromatic rings. The Morgan fingerprint density at radius 3 is 2.14 bits per heavy atom. The van der Waals surface area contributed by atoms with Crippen LogP contribution in [-0.4, -0.2) is 73.8 Å². The number of aliphatic hydroxyl groups excluding tert-OH is 1. The molecule has 2 aliphatic carbocycles. The molecule has 0 atom stereocenters. The Kier molecular flexibility index (Phi) is 9.89. The molecule has 0 spiro atoms. The molecule has 0 saturated carbocycles. The van der Waals surface area contributed by atoms with Crippen LogP contribution in [0, 0.1) is 24.7 Å². The van der Waals surface area contributed by atoms with E-state index in [-0.39, 0.29) is 11.5 Å². The van der Waals surface area contributed by atoms with Crippen molar-refractivity contribution in [1.82, 2.24) is 0 Å². The molecule has 0 bridgehead atoms. The summed E-state index contributed by atoms with van der Waals surface area (Å²) in [6, 6.07) is 7.63. The van der Waals surface area contributed by atoms with Gasteiger partial charge in [-0.1, -0.05) is 24.0 Å². The van der Waals surface area contributed by atoms with Gasteiger partial charge in [-0.3, -0.25) is 4.79 Å². The fourth-order valence-electron chi connectivity index (χ4n) is 4.17. The minimum atomic E-state index is -0.155. The topological polar surface area (TPSA) is 62.0 Å². The molecule has 0 heterocycles. The number of hydrogen-bond donors (Lipinski definition) is 1. The van der Waals surface area contributed by atoms with Crippen LogP contribution in [0.3, 0.4) is 0 Å². The summed E-state index contributed by atoms with van der Waals surface area (Å²) in [7, 11) is 0. The minimum Gasteiger partial charge on any atom is -0.506 e. The lowest BCUT2D eigenvalue weighted by atomic mass is 9.80. The zero-order chi connectivity index (χ0) is 25.9. The average molecular weight is 486 g/mol. The van der Waals surface area contributed by atoms with E-state index in [1.54, 1.807) is 0 Å². The van der Waals surface area contributed by atoms with Crippen LogP contribution in [-0.2, 0) is 14.3 Å². The van der Waals surface area contributed by atoms with E-state index in [2.05, 4.69) is 35.2 Å². The van der Waals surface area contributed by atoms with E-state index in [0.29, 0.717) is 61.8 Å². The third-order valence-electron chi connectivity index (χ3n) is 6.12. The number of nitrogens with zero attached hydrogens (tertiary/aromatic N) is 2. The minimum absolute atomic E-state index is 0.0329. The van der Waals surface area contributed by atoms with Gasteiger partial charge < -0.3 is 19.5 Å². The average Bonchev–Trinajstić information content (AvgIpc) is 2.90. The van der Waals surface area contributed by atoms with E-state index < -0.39 is 0 Å². The standard InChI is InChI=1S/C30H32N2O4/c1-5-19-35-21-17-31(7-3)25-13-9-23(10-14-25)27-29(33)28(30(27)34)24-11-15-26(16-12-24)32(8-4)18-22-36-20-6-2/h1-2,9-16H,7-8,17-22H2,3-4H3/p+1. The first kappa shape index (κ1) is 26.8. The van der Waals surface area contributed by atoms with Crippen LogP contribution in [0.2, 0.25) is 0 Å². The van der Waals surface area contributed by atoms with E-state index in [1.807, 2.05) is 48.6 Å². The van der Waals surface area contributed by atoms with E-state index in [9.17, 15) is 9.90 Å². The van der Waals surface area contributed by atoms with Crippen LogP contribution in [0.15, 0.2) is 65.5 Å². The van der Waals surface area contributed by atoms with Gasteiger partial charge in [0.05, 0.1) is 17.8 Å². The maximum Gasteiger partial charge on any atom is 0.201 e. The van der Waals surface area contributed by atoms with Crippen LogP contribution in [0.5, 0.6) is 0 Å². The smallest absolute Gasteiger partial charge is 0.201 e. The van der Waals surface area contributed by atoms with Crippen molar-refractivity contribution >= 4 is 22.8 Å². The summed E-state index contributed by atoms with van der Waals surface area (Å²) in [5.41, 5.74) is 4.13. The maximum atomic E-state index is 13.0. The molecule has 6 heteroatoms. The van der Waals surface area contributed by atoms with Gasteiger partial charge in [0, 0.05) is 30.9 Å². The van der Waals surface area contributed by atoms with Crippen LogP contribution in [0.1, 0.15) is 19.4 Å². The summed E-state index contributed by atoms with van der Waals surface area (Å²) >= 11 is 0. The summed E-state index contributed by atoms with van der Waals surface area (Å²) in [4.78, 5) is 15.2. The van der Waals surface area contributed by atoms with Crippen molar-refractivity contribution < 1.29 is 24.0 Å². The van der Waals surface area contributed by atoms with Gasteiger partial charge in [0.2, 0.25) is 5.78 Å². The first-order chi connectivity index (χ1) is 17.5. The normalized spacial score (nSPS) is 14.6. The Morgan fingerprint density at radius 1 is 0.944 bits per heavy atom. The van der Waals surface area contributed by atoms with E-state index >= 15 is 0 Å². The van der Waals surface area contributed by atoms with Crippen molar-refractivity contribution in [3.8, 4) is 24.7 Å². The Hall–Kier alpha value is -3.84. The maximum absolute atomic E-state index is 13.0. The van der Waals surface area contributed by atoms with Crippen LogP contribution < -0.4 is 4.90 Å². The van der Waals surface area contributed by atoms with Gasteiger partial charge in [-0.25, -0.2) is 4.58 Å². The number of likely N-dealkylation sites (N-methyl/N-ethyl adjacent to an activating group) is 2. The van der Waals surface area contributed by atoms with Crippen molar-refractivity contribution in [2.24, 2.45) is 0 Å². The first-order valence-corrected chi connectivity index (χ1v) is 12.1. The summed E-state index contributed by atoms with van der Waals surface area (Å²) in [6.07, 6.45) is 18.1. The molecule has 36 heavy (non-hydrogen) atoms. The molecule has 6 nitrogen and oxygen atoms in total. The van der Waals surface area contributed by atoms with Crippen molar-refractivity contribution in [3.63, 3.8) is 0 Å². The van der Waals surface area contributed by atoms with Crippen molar-refractivity contribution in [3.05, 3.63) is 71.0 Å². The molecular formula is C30H33N2O4+. The second-order valence-corrected chi connectivity index (χ2v) is 8.19. The van der Waals surface area contributed by atoms with Crippen LogP contribution in [0.25, 0.3) is 5.57 Å². The zero-order valence-electron chi connectivity index (χ0n) is 21.0. The molecule has 0 aromatic heterocycles. The van der Waals surface area contributed by atoms with Crippen LogP contribution in [0.4, 0.5) is 5.69 Å².